The highest BCUT2D eigenvalue weighted by atomic mass is 19.1. The first-order valence-corrected chi connectivity index (χ1v) is 10.3. The quantitative estimate of drug-likeness (QED) is 0.370. The zero-order valence-electron chi connectivity index (χ0n) is 18.3. The average molecular weight is 453 g/mol. The van der Waals surface area contributed by atoms with E-state index in [2.05, 4.69) is 10.6 Å². The fourth-order valence-electron chi connectivity index (χ4n) is 3.33. The summed E-state index contributed by atoms with van der Waals surface area (Å²) < 4.78 is 37.4. The fourth-order valence-corrected chi connectivity index (χ4v) is 3.33. The molecule has 0 radical (unpaired) electrons. The van der Waals surface area contributed by atoms with Gasteiger partial charge in [-0.3, -0.25) is 4.79 Å². The molecule has 0 saturated carbocycles. The molecule has 1 amide bonds. The minimum Gasteiger partial charge on any atom is -0.497 e. The van der Waals surface area contributed by atoms with Gasteiger partial charge in [-0.2, -0.15) is 0 Å². The predicted molar refractivity (Wildman–Crippen MR) is 124 cm³/mol. The molecule has 0 aliphatic carbocycles. The standard InChI is InChI=1S/C25H25F2N3O3/c1-16(29-24(31)14-26)25(17-4-3-5-21(12-17)32-2)33-22-10-11-23(18(13-22)15-28)30-20-8-6-19(27)7-9-20/h3-13,15-16,25,28,30H,14H2,1-2H3,(H,29,31)/t16?,25-/m0/s1. The Balaban J connectivity index is 1.88. The summed E-state index contributed by atoms with van der Waals surface area (Å²) in [5.74, 6) is -0.0105. The lowest BCUT2D eigenvalue weighted by Gasteiger charge is -2.27. The van der Waals surface area contributed by atoms with Crippen molar-refractivity contribution in [3.63, 3.8) is 0 Å². The van der Waals surface area contributed by atoms with Gasteiger partial charge in [0.1, 0.15) is 23.4 Å². The molecule has 1 unspecified atom stereocenters. The van der Waals surface area contributed by atoms with Crippen LogP contribution in [0.4, 0.5) is 20.2 Å². The molecule has 0 fully saturated rings. The topological polar surface area (TPSA) is 83.4 Å². The third-order valence-corrected chi connectivity index (χ3v) is 4.95. The number of carbonyl (C=O) groups is 1. The number of hydrogen-bond acceptors (Lipinski definition) is 5. The molecule has 0 aliphatic heterocycles. The number of benzene rings is 3. The van der Waals surface area contributed by atoms with Crippen molar-refractivity contribution in [2.75, 3.05) is 19.1 Å². The molecule has 6 nitrogen and oxygen atoms in total. The van der Waals surface area contributed by atoms with Crippen LogP contribution < -0.4 is 20.1 Å². The minimum absolute atomic E-state index is 0.339. The number of nitrogens with one attached hydrogen (secondary N) is 3. The molecule has 172 valence electrons. The number of amides is 1. The number of hydrogen-bond donors (Lipinski definition) is 3. The van der Waals surface area contributed by atoms with Gasteiger partial charge in [0.15, 0.2) is 6.67 Å². The number of halogens is 2. The molecule has 0 bridgehead atoms. The van der Waals surface area contributed by atoms with Gasteiger partial charge in [0, 0.05) is 23.2 Å². The Morgan fingerprint density at radius 3 is 2.52 bits per heavy atom. The van der Waals surface area contributed by atoms with Crippen molar-refractivity contribution in [1.82, 2.24) is 5.32 Å². The van der Waals surface area contributed by atoms with Gasteiger partial charge in [-0.15, -0.1) is 0 Å². The zero-order valence-corrected chi connectivity index (χ0v) is 18.3. The van der Waals surface area contributed by atoms with Crippen molar-refractivity contribution in [1.29, 1.82) is 5.41 Å². The summed E-state index contributed by atoms with van der Waals surface area (Å²) in [5, 5.41) is 13.5. The van der Waals surface area contributed by atoms with E-state index in [0.717, 1.165) is 5.56 Å². The summed E-state index contributed by atoms with van der Waals surface area (Å²) >= 11 is 0. The van der Waals surface area contributed by atoms with Crippen LogP contribution in [0.3, 0.4) is 0 Å². The summed E-state index contributed by atoms with van der Waals surface area (Å²) in [6.07, 6.45) is 0.526. The van der Waals surface area contributed by atoms with Crippen molar-refractivity contribution in [2.24, 2.45) is 0 Å². The highest BCUT2D eigenvalue weighted by molar-refractivity contribution is 5.88. The monoisotopic (exact) mass is 453 g/mol. The molecule has 0 spiro atoms. The van der Waals surface area contributed by atoms with Gasteiger partial charge in [-0.05, 0) is 67.1 Å². The van der Waals surface area contributed by atoms with E-state index in [1.807, 2.05) is 6.07 Å². The maximum Gasteiger partial charge on any atom is 0.251 e. The summed E-state index contributed by atoms with van der Waals surface area (Å²) in [5.41, 5.74) is 2.58. The normalized spacial score (nSPS) is 12.4. The van der Waals surface area contributed by atoms with E-state index in [9.17, 15) is 13.6 Å². The van der Waals surface area contributed by atoms with Crippen molar-refractivity contribution in [2.45, 2.75) is 19.1 Å². The summed E-state index contributed by atoms with van der Waals surface area (Å²) in [4.78, 5) is 11.6. The Morgan fingerprint density at radius 2 is 1.85 bits per heavy atom. The molecule has 8 heteroatoms. The second-order valence-corrected chi connectivity index (χ2v) is 7.33. The number of alkyl halides is 1. The van der Waals surface area contributed by atoms with Crippen LogP contribution in [0.2, 0.25) is 0 Å². The van der Waals surface area contributed by atoms with Crippen LogP contribution >= 0.6 is 0 Å². The van der Waals surface area contributed by atoms with E-state index in [-0.39, 0.29) is 5.82 Å². The molecule has 3 aromatic carbocycles. The molecule has 3 rings (SSSR count). The van der Waals surface area contributed by atoms with Gasteiger partial charge in [0.05, 0.1) is 13.2 Å². The van der Waals surface area contributed by atoms with E-state index in [0.29, 0.717) is 28.4 Å². The lowest BCUT2D eigenvalue weighted by atomic mass is 10.0. The minimum atomic E-state index is -1.13. The Kier molecular flexibility index (Phi) is 7.96. The maximum atomic E-state index is 13.2. The van der Waals surface area contributed by atoms with Gasteiger partial charge in [0.2, 0.25) is 0 Å². The Labute approximate surface area is 191 Å². The van der Waals surface area contributed by atoms with E-state index < -0.39 is 24.7 Å². The van der Waals surface area contributed by atoms with Crippen LogP contribution in [-0.4, -0.2) is 31.9 Å². The fraction of sp³-hybridized carbons (Fsp3) is 0.200. The van der Waals surface area contributed by atoms with Gasteiger partial charge >= 0.3 is 0 Å². The molecule has 3 N–H and O–H groups in total. The number of anilines is 2. The SMILES string of the molecule is COc1cccc([C@@H](Oc2ccc(Nc3ccc(F)cc3)c(C=N)c2)C(C)NC(=O)CF)c1. The van der Waals surface area contributed by atoms with Crippen molar-refractivity contribution < 1.29 is 23.0 Å². The van der Waals surface area contributed by atoms with Gasteiger partial charge in [-0.1, -0.05) is 12.1 Å². The van der Waals surface area contributed by atoms with Crippen LogP contribution in [0.15, 0.2) is 66.7 Å². The third-order valence-electron chi connectivity index (χ3n) is 4.95. The van der Waals surface area contributed by atoms with Crippen LogP contribution in [0.25, 0.3) is 0 Å². The van der Waals surface area contributed by atoms with Crippen LogP contribution in [0.1, 0.15) is 24.2 Å². The summed E-state index contributed by atoms with van der Waals surface area (Å²) in [6, 6.07) is 17.7. The van der Waals surface area contributed by atoms with Gasteiger partial charge in [0.25, 0.3) is 5.91 Å². The molecule has 0 saturated heterocycles. The molecule has 3 aromatic rings. The molecule has 33 heavy (non-hydrogen) atoms. The zero-order chi connectivity index (χ0) is 23.8. The van der Waals surface area contributed by atoms with E-state index >= 15 is 0 Å². The van der Waals surface area contributed by atoms with E-state index in [1.165, 1.54) is 18.3 Å². The molecule has 2 atom stereocenters. The summed E-state index contributed by atoms with van der Waals surface area (Å²) in [6.45, 7) is 0.594. The van der Waals surface area contributed by atoms with Crippen molar-refractivity contribution in [3.8, 4) is 11.5 Å². The van der Waals surface area contributed by atoms with Gasteiger partial charge in [-0.25, -0.2) is 8.78 Å². The number of rotatable bonds is 10. The number of carbonyl (C=O) groups excluding carboxylic acids is 1. The molecular weight excluding hydrogens is 428 g/mol. The lowest BCUT2D eigenvalue weighted by Crippen LogP contribution is -2.40. The predicted octanol–water partition coefficient (Wildman–Crippen LogP) is 5.17. The number of methoxy groups -OCH3 is 1. The highest BCUT2D eigenvalue weighted by Crippen LogP contribution is 2.30. The highest BCUT2D eigenvalue weighted by Gasteiger charge is 2.24. The second kappa shape index (κ2) is 11.1. The second-order valence-electron chi connectivity index (χ2n) is 7.33. The lowest BCUT2D eigenvalue weighted by molar-refractivity contribution is -0.123. The smallest absolute Gasteiger partial charge is 0.251 e. The Morgan fingerprint density at radius 1 is 1.09 bits per heavy atom. The first-order chi connectivity index (χ1) is 15.9. The number of ether oxygens (including phenoxy) is 2. The molecule has 0 heterocycles. The first kappa shape index (κ1) is 23.7. The van der Waals surface area contributed by atoms with Gasteiger partial charge < -0.3 is 25.5 Å². The van der Waals surface area contributed by atoms with Crippen LogP contribution in [-0.2, 0) is 4.79 Å². The Bertz CT molecular complexity index is 1110. The largest absolute Gasteiger partial charge is 0.497 e. The summed E-state index contributed by atoms with van der Waals surface area (Å²) in [7, 11) is 1.55. The Hall–Kier alpha value is -3.94. The first-order valence-electron chi connectivity index (χ1n) is 10.3. The maximum absolute atomic E-state index is 13.2. The van der Waals surface area contributed by atoms with Crippen LogP contribution in [0.5, 0.6) is 11.5 Å². The van der Waals surface area contributed by atoms with Crippen molar-refractivity contribution >= 4 is 23.5 Å². The van der Waals surface area contributed by atoms with E-state index in [1.54, 1.807) is 62.6 Å². The van der Waals surface area contributed by atoms with E-state index in [4.69, 9.17) is 14.9 Å². The van der Waals surface area contributed by atoms with Crippen molar-refractivity contribution in [3.05, 3.63) is 83.7 Å². The molecular formula is C25H25F2N3O3. The average Bonchev–Trinajstić information content (AvgIpc) is 2.84. The third kappa shape index (κ3) is 6.29. The van der Waals surface area contributed by atoms with Crippen LogP contribution in [0, 0.1) is 11.2 Å². The molecule has 0 aromatic heterocycles. The molecule has 0 aliphatic rings.